The SMILES string of the molecule is COc1cccc(-c2nc3ccc(OCC(C)COS(C)(=O)=O)cc3c(=O)n2CC(=O)NC(C)C)c1. The van der Waals surface area contributed by atoms with Gasteiger partial charge < -0.3 is 14.8 Å². The van der Waals surface area contributed by atoms with Gasteiger partial charge in [-0.3, -0.25) is 18.3 Å². The molecule has 0 saturated carbocycles. The number of nitrogens with one attached hydrogen (secondary N) is 1. The lowest BCUT2D eigenvalue weighted by atomic mass is 10.1. The molecule has 1 amide bonds. The minimum atomic E-state index is -3.54. The zero-order valence-electron chi connectivity index (χ0n) is 21.0. The van der Waals surface area contributed by atoms with Gasteiger partial charge in [0.05, 0.1) is 37.5 Å². The second-order valence-corrected chi connectivity index (χ2v) is 10.5. The smallest absolute Gasteiger partial charge is 0.264 e. The van der Waals surface area contributed by atoms with E-state index in [1.54, 1.807) is 56.5 Å². The van der Waals surface area contributed by atoms with Gasteiger partial charge >= 0.3 is 0 Å². The number of rotatable bonds is 11. The number of carbonyl (C=O) groups is 1. The van der Waals surface area contributed by atoms with Crippen molar-refractivity contribution in [2.75, 3.05) is 26.6 Å². The Kier molecular flexibility index (Phi) is 8.70. The van der Waals surface area contributed by atoms with Crippen molar-refractivity contribution in [2.45, 2.75) is 33.4 Å². The van der Waals surface area contributed by atoms with Crippen molar-refractivity contribution in [1.82, 2.24) is 14.9 Å². The van der Waals surface area contributed by atoms with Crippen molar-refractivity contribution in [1.29, 1.82) is 0 Å². The summed E-state index contributed by atoms with van der Waals surface area (Å²) in [6, 6.07) is 12.0. The summed E-state index contributed by atoms with van der Waals surface area (Å²) in [6.45, 7) is 5.42. The number of hydrogen-bond acceptors (Lipinski definition) is 8. The molecule has 194 valence electrons. The number of amides is 1. The second-order valence-electron chi connectivity index (χ2n) is 8.86. The van der Waals surface area contributed by atoms with E-state index in [1.807, 2.05) is 13.8 Å². The van der Waals surface area contributed by atoms with E-state index in [4.69, 9.17) is 18.6 Å². The summed E-state index contributed by atoms with van der Waals surface area (Å²) in [5, 5.41) is 3.09. The fourth-order valence-electron chi connectivity index (χ4n) is 3.46. The molecule has 0 aliphatic rings. The van der Waals surface area contributed by atoms with Crippen LogP contribution in [0.3, 0.4) is 0 Å². The zero-order valence-corrected chi connectivity index (χ0v) is 21.8. The topological polar surface area (TPSA) is 126 Å². The third kappa shape index (κ3) is 7.28. The first-order valence-electron chi connectivity index (χ1n) is 11.4. The Morgan fingerprint density at radius 3 is 2.50 bits per heavy atom. The fraction of sp³-hybridized carbons (Fsp3) is 0.400. The maximum atomic E-state index is 13.6. The van der Waals surface area contributed by atoms with Gasteiger partial charge in [-0.15, -0.1) is 0 Å². The largest absolute Gasteiger partial charge is 0.497 e. The van der Waals surface area contributed by atoms with Crippen LogP contribution in [0.25, 0.3) is 22.3 Å². The van der Waals surface area contributed by atoms with Crippen LogP contribution in [-0.4, -0.2) is 56.5 Å². The highest BCUT2D eigenvalue weighted by Gasteiger charge is 2.17. The van der Waals surface area contributed by atoms with Gasteiger partial charge in [0.15, 0.2) is 0 Å². The molecule has 10 nitrogen and oxygen atoms in total. The Hall–Kier alpha value is -3.44. The number of benzene rings is 2. The molecule has 3 aromatic rings. The molecule has 1 heterocycles. The van der Waals surface area contributed by atoms with Crippen LogP contribution in [-0.2, 0) is 25.6 Å². The van der Waals surface area contributed by atoms with Gasteiger partial charge in [-0.2, -0.15) is 8.42 Å². The van der Waals surface area contributed by atoms with Crippen molar-refractivity contribution in [3.8, 4) is 22.9 Å². The molecule has 2 aromatic carbocycles. The molecule has 1 N–H and O–H groups in total. The number of aromatic nitrogens is 2. The Morgan fingerprint density at radius 2 is 1.83 bits per heavy atom. The molecule has 0 bridgehead atoms. The molecule has 0 saturated heterocycles. The number of methoxy groups -OCH3 is 1. The molecule has 11 heteroatoms. The highest BCUT2D eigenvalue weighted by molar-refractivity contribution is 7.85. The number of ether oxygens (including phenoxy) is 2. The van der Waals surface area contributed by atoms with Crippen LogP contribution in [0.2, 0.25) is 0 Å². The average Bonchev–Trinajstić information content (AvgIpc) is 2.82. The lowest BCUT2D eigenvalue weighted by Gasteiger charge is -2.16. The molecule has 0 aliphatic carbocycles. The van der Waals surface area contributed by atoms with E-state index in [-0.39, 0.29) is 43.0 Å². The molecule has 1 aromatic heterocycles. The van der Waals surface area contributed by atoms with Gasteiger partial charge in [0.2, 0.25) is 5.91 Å². The van der Waals surface area contributed by atoms with E-state index < -0.39 is 15.7 Å². The summed E-state index contributed by atoms with van der Waals surface area (Å²) < 4.78 is 39.6. The van der Waals surface area contributed by atoms with Crippen LogP contribution in [0.1, 0.15) is 20.8 Å². The third-order valence-electron chi connectivity index (χ3n) is 5.11. The molecule has 0 fully saturated rings. The lowest BCUT2D eigenvalue weighted by molar-refractivity contribution is -0.122. The Labute approximate surface area is 210 Å². The number of nitrogens with zero attached hydrogens (tertiary/aromatic N) is 2. The molecule has 3 rings (SSSR count). The van der Waals surface area contributed by atoms with E-state index in [0.29, 0.717) is 28.4 Å². The van der Waals surface area contributed by atoms with Gasteiger partial charge in [0.1, 0.15) is 23.9 Å². The lowest BCUT2D eigenvalue weighted by Crippen LogP contribution is -2.37. The summed E-state index contributed by atoms with van der Waals surface area (Å²) in [5.41, 5.74) is 0.681. The molecular weight excluding hydrogens is 486 g/mol. The van der Waals surface area contributed by atoms with Crippen LogP contribution < -0.4 is 20.3 Å². The first-order chi connectivity index (χ1) is 17.0. The standard InChI is InChI=1S/C25H31N3O7S/c1-16(2)26-23(29)13-28-24(18-7-6-8-19(11-18)33-4)27-22-10-9-20(12-21(22)25(28)30)34-14-17(3)15-35-36(5,31)32/h6-12,16-17H,13-15H2,1-5H3,(H,26,29). The molecule has 1 unspecified atom stereocenters. The summed E-state index contributed by atoms with van der Waals surface area (Å²) in [7, 11) is -1.99. The van der Waals surface area contributed by atoms with Crippen molar-refractivity contribution >= 4 is 26.9 Å². The molecule has 0 radical (unpaired) electrons. The van der Waals surface area contributed by atoms with E-state index >= 15 is 0 Å². The Balaban J connectivity index is 1.99. The predicted octanol–water partition coefficient (Wildman–Crippen LogP) is 2.59. The van der Waals surface area contributed by atoms with E-state index in [9.17, 15) is 18.0 Å². The van der Waals surface area contributed by atoms with E-state index in [1.165, 1.54) is 4.57 Å². The normalized spacial score (nSPS) is 12.5. The Morgan fingerprint density at radius 1 is 1.08 bits per heavy atom. The van der Waals surface area contributed by atoms with Gasteiger partial charge in [0.25, 0.3) is 15.7 Å². The van der Waals surface area contributed by atoms with Crippen LogP contribution >= 0.6 is 0 Å². The molecule has 0 aliphatic heterocycles. The molecule has 1 atom stereocenters. The zero-order chi connectivity index (χ0) is 26.5. The summed E-state index contributed by atoms with van der Waals surface area (Å²) in [6.07, 6.45) is 0.989. The summed E-state index contributed by atoms with van der Waals surface area (Å²) in [4.78, 5) is 30.9. The summed E-state index contributed by atoms with van der Waals surface area (Å²) in [5.74, 6) is 0.827. The predicted molar refractivity (Wildman–Crippen MR) is 137 cm³/mol. The minimum absolute atomic E-state index is 0.0182. The number of hydrogen-bond donors (Lipinski definition) is 1. The van der Waals surface area contributed by atoms with Crippen molar-refractivity contribution in [3.63, 3.8) is 0 Å². The monoisotopic (exact) mass is 517 g/mol. The maximum absolute atomic E-state index is 13.6. The van der Waals surface area contributed by atoms with Gasteiger partial charge in [-0.1, -0.05) is 19.1 Å². The highest BCUT2D eigenvalue weighted by Crippen LogP contribution is 2.25. The van der Waals surface area contributed by atoms with Crippen molar-refractivity contribution in [2.24, 2.45) is 5.92 Å². The second kappa shape index (κ2) is 11.5. The maximum Gasteiger partial charge on any atom is 0.264 e. The van der Waals surface area contributed by atoms with E-state index in [2.05, 4.69) is 5.32 Å². The van der Waals surface area contributed by atoms with E-state index in [0.717, 1.165) is 6.26 Å². The minimum Gasteiger partial charge on any atom is -0.497 e. The highest BCUT2D eigenvalue weighted by atomic mass is 32.2. The first kappa shape index (κ1) is 27.2. The van der Waals surface area contributed by atoms with Crippen molar-refractivity contribution < 1.29 is 26.9 Å². The quantitative estimate of drug-likeness (QED) is 0.385. The van der Waals surface area contributed by atoms with Crippen LogP contribution in [0, 0.1) is 5.92 Å². The third-order valence-corrected chi connectivity index (χ3v) is 5.67. The van der Waals surface area contributed by atoms with Gasteiger partial charge in [0, 0.05) is 17.5 Å². The van der Waals surface area contributed by atoms with Crippen LogP contribution in [0.5, 0.6) is 11.5 Å². The average molecular weight is 518 g/mol. The van der Waals surface area contributed by atoms with Crippen molar-refractivity contribution in [3.05, 3.63) is 52.8 Å². The van der Waals surface area contributed by atoms with Crippen LogP contribution in [0.4, 0.5) is 0 Å². The van der Waals surface area contributed by atoms with Crippen LogP contribution in [0.15, 0.2) is 47.3 Å². The number of carbonyl (C=O) groups excluding carboxylic acids is 1. The van der Waals surface area contributed by atoms with Gasteiger partial charge in [-0.05, 0) is 44.2 Å². The Bertz CT molecular complexity index is 1400. The molecule has 36 heavy (non-hydrogen) atoms. The first-order valence-corrected chi connectivity index (χ1v) is 13.2. The molecular formula is C25H31N3O7S. The fourth-order valence-corrected chi connectivity index (χ4v) is 3.94. The molecule has 0 spiro atoms. The van der Waals surface area contributed by atoms with Gasteiger partial charge in [-0.25, -0.2) is 4.98 Å². The summed E-state index contributed by atoms with van der Waals surface area (Å²) >= 11 is 0. The number of fused-ring (bicyclic) bond motifs is 1.